The van der Waals surface area contributed by atoms with Gasteiger partial charge in [0.25, 0.3) is 0 Å². The lowest BCUT2D eigenvalue weighted by Crippen LogP contribution is -2.63. The molecule has 2 saturated carbocycles. The topological polar surface area (TPSA) is 104 Å². The van der Waals surface area contributed by atoms with Gasteiger partial charge in [0, 0.05) is 31.6 Å². The lowest BCUT2D eigenvalue weighted by atomic mass is 9.75. The summed E-state index contributed by atoms with van der Waals surface area (Å²) in [6.07, 6.45) is 9.12. The van der Waals surface area contributed by atoms with Gasteiger partial charge in [-0.05, 0) is 90.1 Å². The van der Waals surface area contributed by atoms with Crippen molar-refractivity contribution in [2.45, 2.75) is 104 Å². The number of nitrogens with one attached hydrogen (secondary N) is 4. The number of hydrogen-bond acceptors (Lipinski definition) is 8. The van der Waals surface area contributed by atoms with Crippen molar-refractivity contribution < 1.29 is 19.1 Å². The molecule has 9 heteroatoms. The first-order chi connectivity index (χ1) is 17.9. The van der Waals surface area contributed by atoms with Crippen molar-refractivity contribution >= 4 is 11.9 Å². The summed E-state index contributed by atoms with van der Waals surface area (Å²) >= 11 is 0. The minimum absolute atomic E-state index is 0.00313. The van der Waals surface area contributed by atoms with E-state index in [4.69, 9.17) is 9.47 Å². The van der Waals surface area contributed by atoms with Gasteiger partial charge in [0.05, 0.1) is 19.3 Å². The Morgan fingerprint density at radius 3 is 2.16 bits per heavy atom. The van der Waals surface area contributed by atoms with Gasteiger partial charge in [-0.1, -0.05) is 13.8 Å². The molecular weight excluding hydrogens is 470 g/mol. The van der Waals surface area contributed by atoms with Crippen LogP contribution < -0.4 is 21.3 Å². The summed E-state index contributed by atoms with van der Waals surface area (Å²) < 4.78 is 11.1. The molecule has 1 amide bonds. The van der Waals surface area contributed by atoms with Crippen LogP contribution in [0.25, 0.3) is 0 Å². The van der Waals surface area contributed by atoms with Crippen LogP contribution in [0.5, 0.6) is 0 Å². The summed E-state index contributed by atoms with van der Waals surface area (Å²) in [6, 6.07) is -0.0448. The quantitative estimate of drug-likeness (QED) is 0.273. The highest BCUT2D eigenvalue weighted by atomic mass is 16.5. The summed E-state index contributed by atoms with van der Waals surface area (Å²) in [7, 11) is 0. The second kappa shape index (κ2) is 16.0. The molecule has 3 fully saturated rings. The maximum Gasteiger partial charge on any atom is 0.328 e. The molecule has 9 nitrogen and oxygen atoms in total. The Labute approximate surface area is 224 Å². The molecular formula is C28H53N5O4. The third-order valence-corrected chi connectivity index (χ3v) is 8.71. The maximum atomic E-state index is 12.6. The second-order valence-electron chi connectivity index (χ2n) is 11.1. The zero-order chi connectivity index (χ0) is 26.6. The van der Waals surface area contributed by atoms with Crippen molar-refractivity contribution in [3.05, 3.63) is 0 Å². The monoisotopic (exact) mass is 523 g/mol. The molecule has 1 unspecified atom stereocenters. The molecule has 3 rings (SSSR count). The molecule has 1 aliphatic heterocycles. The Kier molecular flexibility index (Phi) is 13.1. The molecule has 0 radical (unpaired) electrons. The van der Waals surface area contributed by atoms with Crippen LogP contribution in [0.2, 0.25) is 0 Å². The summed E-state index contributed by atoms with van der Waals surface area (Å²) in [5.41, 5.74) is 0. The fraction of sp³-hybridized carbons (Fsp3) is 0.929. The van der Waals surface area contributed by atoms with Gasteiger partial charge in [0.1, 0.15) is 12.3 Å². The minimum Gasteiger partial charge on any atom is -0.464 e. The highest BCUT2D eigenvalue weighted by Gasteiger charge is 2.34. The molecule has 3 aliphatic rings. The summed E-state index contributed by atoms with van der Waals surface area (Å²) in [6.45, 7) is 14.3. The first-order valence-corrected chi connectivity index (χ1v) is 15.0. The van der Waals surface area contributed by atoms with Gasteiger partial charge < -0.3 is 19.7 Å². The lowest BCUT2D eigenvalue weighted by molar-refractivity contribution is -0.147. The third kappa shape index (κ3) is 9.77. The molecule has 4 N–H and O–H groups in total. The predicted molar refractivity (Wildman–Crippen MR) is 146 cm³/mol. The highest BCUT2D eigenvalue weighted by Crippen LogP contribution is 2.34. The molecule has 37 heavy (non-hydrogen) atoms. The summed E-state index contributed by atoms with van der Waals surface area (Å²) in [5, 5.41) is 14.0. The number of carbonyl (C=O) groups excluding carboxylic acids is 2. The zero-order valence-corrected chi connectivity index (χ0v) is 23.7. The zero-order valence-electron chi connectivity index (χ0n) is 23.7. The Morgan fingerprint density at radius 1 is 0.919 bits per heavy atom. The largest absolute Gasteiger partial charge is 0.464 e. The molecule has 1 saturated heterocycles. The van der Waals surface area contributed by atoms with Crippen LogP contribution in [0.1, 0.15) is 79.1 Å². The van der Waals surface area contributed by atoms with Crippen molar-refractivity contribution in [1.82, 2.24) is 26.2 Å². The average Bonchev–Trinajstić information content (AvgIpc) is 2.92. The number of carbonyl (C=O) groups is 2. The van der Waals surface area contributed by atoms with E-state index >= 15 is 0 Å². The molecule has 214 valence electrons. The van der Waals surface area contributed by atoms with Gasteiger partial charge in [0.2, 0.25) is 5.91 Å². The van der Waals surface area contributed by atoms with E-state index in [0.29, 0.717) is 30.6 Å². The molecule has 0 aromatic rings. The van der Waals surface area contributed by atoms with Gasteiger partial charge in [-0.25, -0.2) is 4.79 Å². The van der Waals surface area contributed by atoms with E-state index in [1.807, 2.05) is 0 Å². The number of esters is 1. The standard InChI is InChI=1S/C28H53N5O4/c1-5-33(6-2)16-17-37-25-14-12-24(13-15-25)32-28-29-18-23(19-30-28)21-8-10-22(11-9-21)26(34)31-20(4)27(35)36-7-3/h20-25,28-30,32H,5-19H2,1-4H3,(H,31,34). The smallest absolute Gasteiger partial charge is 0.328 e. The average molecular weight is 524 g/mol. The van der Waals surface area contributed by atoms with Crippen LogP contribution in [0, 0.1) is 17.8 Å². The van der Waals surface area contributed by atoms with Crippen LogP contribution in [-0.4, -0.2) is 87.2 Å². The van der Waals surface area contributed by atoms with Crippen molar-refractivity contribution in [1.29, 1.82) is 0 Å². The minimum atomic E-state index is -0.582. The fourth-order valence-corrected chi connectivity index (χ4v) is 6.16. The van der Waals surface area contributed by atoms with E-state index in [1.165, 1.54) is 12.8 Å². The van der Waals surface area contributed by atoms with Crippen molar-refractivity contribution in [2.24, 2.45) is 17.8 Å². The third-order valence-electron chi connectivity index (χ3n) is 8.71. The fourth-order valence-electron chi connectivity index (χ4n) is 6.16. The van der Waals surface area contributed by atoms with Gasteiger partial charge in [-0.2, -0.15) is 0 Å². The van der Waals surface area contributed by atoms with Crippen molar-refractivity contribution in [2.75, 3.05) is 45.9 Å². The van der Waals surface area contributed by atoms with Crippen LogP contribution >= 0.6 is 0 Å². The highest BCUT2D eigenvalue weighted by molar-refractivity contribution is 5.85. The second-order valence-corrected chi connectivity index (χ2v) is 11.1. The molecule has 0 aromatic carbocycles. The van der Waals surface area contributed by atoms with Crippen LogP contribution in [0.15, 0.2) is 0 Å². The SMILES string of the molecule is CCOC(=O)C(C)NC(=O)C1CCC(C2CNC(NC3CCC(OCCN(CC)CC)CC3)NC2)CC1. The normalized spacial score (nSPS) is 31.6. The van der Waals surface area contributed by atoms with E-state index in [2.05, 4.69) is 40.0 Å². The molecule has 0 aromatic heterocycles. The predicted octanol–water partition coefficient (Wildman–Crippen LogP) is 2.21. The first kappa shape index (κ1) is 30.3. The number of amides is 1. The van der Waals surface area contributed by atoms with E-state index in [9.17, 15) is 9.59 Å². The van der Waals surface area contributed by atoms with Crippen LogP contribution in [0.3, 0.4) is 0 Å². The molecule has 0 bridgehead atoms. The number of rotatable bonds is 13. The van der Waals surface area contributed by atoms with Gasteiger partial charge in [0.15, 0.2) is 0 Å². The van der Waals surface area contributed by atoms with Gasteiger partial charge in [-0.15, -0.1) is 0 Å². The summed E-state index contributed by atoms with van der Waals surface area (Å²) in [4.78, 5) is 26.8. The number of ether oxygens (including phenoxy) is 2. The van der Waals surface area contributed by atoms with Gasteiger partial charge in [-0.3, -0.25) is 20.7 Å². The number of nitrogens with zero attached hydrogens (tertiary/aromatic N) is 1. The van der Waals surface area contributed by atoms with E-state index in [1.54, 1.807) is 13.8 Å². The number of likely N-dealkylation sites (N-methyl/N-ethyl adjacent to an activating group) is 1. The van der Waals surface area contributed by atoms with Crippen molar-refractivity contribution in [3.8, 4) is 0 Å². The molecule has 0 spiro atoms. The first-order valence-electron chi connectivity index (χ1n) is 15.0. The number of hydrogen-bond donors (Lipinski definition) is 4. The van der Waals surface area contributed by atoms with Gasteiger partial charge >= 0.3 is 5.97 Å². The molecule has 1 atom stereocenters. The van der Waals surface area contributed by atoms with E-state index in [-0.39, 0.29) is 24.1 Å². The lowest BCUT2D eigenvalue weighted by Gasteiger charge is -2.40. The summed E-state index contributed by atoms with van der Waals surface area (Å²) in [5.74, 6) is 0.863. The Bertz CT molecular complexity index is 667. The van der Waals surface area contributed by atoms with Crippen molar-refractivity contribution in [3.63, 3.8) is 0 Å². The van der Waals surface area contributed by atoms with Crippen LogP contribution in [-0.2, 0) is 19.1 Å². The Morgan fingerprint density at radius 2 is 1.57 bits per heavy atom. The van der Waals surface area contributed by atoms with E-state index in [0.717, 1.165) is 77.9 Å². The van der Waals surface area contributed by atoms with E-state index < -0.39 is 6.04 Å². The molecule has 2 aliphatic carbocycles. The Hall–Kier alpha value is -1.26. The van der Waals surface area contributed by atoms with Crippen LogP contribution in [0.4, 0.5) is 0 Å². The maximum absolute atomic E-state index is 12.6. The Balaban J connectivity index is 1.27. The molecule has 1 heterocycles.